The third kappa shape index (κ3) is 0.518. The van der Waals surface area contributed by atoms with E-state index in [0.717, 1.165) is 18.9 Å². The van der Waals surface area contributed by atoms with Crippen molar-refractivity contribution in [1.82, 2.24) is 5.32 Å². The zero-order valence-corrected chi connectivity index (χ0v) is 8.35. The maximum Gasteiger partial charge on any atom is 0.113 e. The monoisotopic (exact) mass is 176 g/mol. The van der Waals surface area contributed by atoms with Gasteiger partial charge in [0.15, 0.2) is 0 Å². The largest absolute Gasteiger partial charge is 0.298 e. The number of hydrogen-bond acceptors (Lipinski definition) is 2. The summed E-state index contributed by atoms with van der Waals surface area (Å²) in [6, 6.07) is 2.55. The summed E-state index contributed by atoms with van der Waals surface area (Å²) in [4.78, 5) is 0. The predicted molar refractivity (Wildman–Crippen MR) is 49.9 cm³/mol. The molecule has 4 bridgehead atoms. The van der Waals surface area contributed by atoms with Crippen LogP contribution in [-0.2, 0) is 0 Å². The average Bonchev–Trinajstić information content (AvgIpc) is 2.58. The van der Waals surface area contributed by atoms with E-state index < -0.39 is 0 Å². The van der Waals surface area contributed by atoms with Gasteiger partial charge in [-0.3, -0.25) is 5.32 Å². The summed E-state index contributed by atoms with van der Waals surface area (Å²) >= 11 is 0. The van der Waals surface area contributed by atoms with Crippen LogP contribution in [0.1, 0.15) is 33.1 Å². The van der Waals surface area contributed by atoms with Crippen molar-refractivity contribution < 1.29 is 0 Å². The van der Waals surface area contributed by atoms with Crippen LogP contribution >= 0.6 is 0 Å². The summed E-state index contributed by atoms with van der Waals surface area (Å²) in [7, 11) is 0. The molecule has 2 nitrogen and oxygen atoms in total. The van der Waals surface area contributed by atoms with Crippen molar-refractivity contribution in [3.8, 4) is 6.07 Å². The van der Waals surface area contributed by atoms with Crippen LogP contribution in [0.5, 0.6) is 0 Å². The van der Waals surface area contributed by atoms with Crippen molar-refractivity contribution >= 4 is 0 Å². The van der Waals surface area contributed by atoms with Gasteiger partial charge in [0.1, 0.15) is 5.54 Å². The molecule has 1 aliphatic heterocycles. The van der Waals surface area contributed by atoms with Gasteiger partial charge >= 0.3 is 0 Å². The molecule has 0 radical (unpaired) electrons. The molecule has 4 unspecified atom stereocenters. The van der Waals surface area contributed by atoms with Crippen molar-refractivity contribution in [3.63, 3.8) is 0 Å². The Hall–Kier alpha value is -0.550. The quantitative estimate of drug-likeness (QED) is 0.609. The van der Waals surface area contributed by atoms with Crippen LogP contribution in [-0.4, -0.2) is 12.1 Å². The fourth-order valence-electron chi connectivity index (χ4n) is 4.29. The van der Waals surface area contributed by atoms with E-state index in [-0.39, 0.29) is 11.0 Å². The molecule has 0 spiro atoms. The highest BCUT2D eigenvalue weighted by Crippen LogP contribution is 2.72. The van der Waals surface area contributed by atoms with E-state index in [2.05, 4.69) is 25.2 Å². The smallest absolute Gasteiger partial charge is 0.113 e. The van der Waals surface area contributed by atoms with Crippen LogP contribution < -0.4 is 5.32 Å². The van der Waals surface area contributed by atoms with Crippen LogP contribution in [0, 0.1) is 28.1 Å². The Morgan fingerprint density at radius 3 is 2.69 bits per heavy atom. The summed E-state index contributed by atoms with van der Waals surface area (Å²) in [5.74, 6) is 0.804. The first-order valence-corrected chi connectivity index (χ1v) is 5.24. The number of rotatable bonds is 0. The van der Waals surface area contributed by atoms with Gasteiger partial charge in [-0.25, -0.2) is 0 Å². The lowest BCUT2D eigenvalue weighted by atomic mass is 9.66. The molecule has 0 aromatic heterocycles. The average molecular weight is 176 g/mol. The first-order chi connectivity index (χ1) is 6.08. The second-order valence-electron chi connectivity index (χ2n) is 5.56. The minimum absolute atomic E-state index is 0.176. The number of nitrogens with one attached hydrogen (secondary N) is 1. The molecule has 4 atom stereocenters. The lowest BCUT2D eigenvalue weighted by Gasteiger charge is -2.37. The van der Waals surface area contributed by atoms with E-state index in [1.54, 1.807) is 0 Å². The zero-order chi connectivity index (χ0) is 9.32. The molecule has 0 amide bonds. The van der Waals surface area contributed by atoms with E-state index in [9.17, 15) is 5.26 Å². The van der Waals surface area contributed by atoms with Gasteiger partial charge in [0.2, 0.25) is 0 Å². The summed E-state index contributed by atoms with van der Waals surface area (Å²) in [5, 5.41) is 12.8. The molecule has 0 aromatic rings. The first kappa shape index (κ1) is 7.82. The van der Waals surface area contributed by atoms with E-state index in [1.807, 2.05) is 0 Å². The molecule has 1 N–H and O–H groups in total. The van der Waals surface area contributed by atoms with Crippen molar-refractivity contribution in [2.24, 2.45) is 16.7 Å². The molecule has 2 aliphatic carbocycles. The van der Waals surface area contributed by atoms with Gasteiger partial charge in [0.25, 0.3) is 0 Å². The standard InChI is InChI=1S/C11H16N2/c1-9-7-13-11(6-12)5-8(9)3-4-10(9,11)2/h8,13H,3-5,7H2,1-2H3. The third-order valence-electron chi connectivity index (χ3n) is 5.60. The summed E-state index contributed by atoms with van der Waals surface area (Å²) in [5.41, 5.74) is 0.479. The Bertz CT molecular complexity index is 319. The van der Waals surface area contributed by atoms with Crippen molar-refractivity contribution in [3.05, 3.63) is 0 Å². The molecule has 1 heterocycles. The predicted octanol–water partition coefficient (Wildman–Crippen LogP) is 1.68. The highest BCUT2D eigenvalue weighted by molar-refractivity contribution is 5.34. The Morgan fingerprint density at radius 2 is 2.23 bits per heavy atom. The van der Waals surface area contributed by atoms with Crippen molar-refractivity contribution in [1.29, 1.82) is 5.26 Å². The minimum atomic E-state index is -0.176. The van der Waals surface area contributed by atoms with Gasteiger partial charge in [0.05, 0.1) is 6.07 Å². The second-order valence-corrected chi connectivity index (χ2v) is 5.56. The molecular formula is C11H16N2. The van der Waals surface area contributed by atoms with Crippen LogP contribution in [0.15, 0.2) is 0 Å². The van der Waals surface area contributed by atoms with Crippen molar-refractivity contribution in [2.75, 3.05) is 6.54 Å². The Labute approximate surface area is 79.3 Å². The summed E-state index contributed by atoms with van der Waals surface area (Å²) < 4.78 is 0. The van der Waals surface area contributed by atoms with Gasteiger partial charge in [-0.1, -0.05) is 13.8 Å². The third-order valence-corrected chi connectivity index (χ3v) is 5.60. The van der Waals surface area contributed by atoms with E-state index in [1.165, 1.54) is 12.8 Å². The Morgan fingerprint density at radius 1 is 1.46 bits per heavy atom. The number of hydrogen-bond donors (Lipinski definition) is 1. The fourth-order valence-corrected chi connectivity index (χ4v) is 4.29. The van der Waals surface area contributed by atoms with Crippen molar-refractivity contribution in [2.45, 2.75) is 38.6 Å². The topological polar surface area (TPSA) is 35.8 Å². The number of piperidine rings is 1. The molecule has 70 valence electrons. The minimum Gasteiger partial charge on any atom is -0.298 e. The molecule has 3 aliphatic rings. The maximum absolute atomic E-state index is 9.33. The van der Waals surface area contributed by atoms with Gasteiger partial charge in [-0.15, -0.1) is 0 Å². The van der Waals surface area contributed by atoms with Crippen LogP contribution in [0.2, 0.25) is 0 Å². The lowest BCUT2D eigenvalue weighted by molar-refractivity contribution is 0.160. The molecule has 3 rings (SSSR count). The zero-order valence-electron chi connectivity index (χ0n) is 8.35. The highest BCUT2D eigenvalue weighted by Gasteiger charge is 2.75. The first-order valence-electron chi connectivity index (χ1n) is 5.24. The van der Waals surface area contributed by atoms with Crippen LogP contribution in [0.25, 0.3) is 0 Å². The molecule has 2 heteroatoms. The molecule has 2 saturated carbocycles. The highest BCUT2D eigenvalue weighted by atomic mass is 15.1. The van der Waals surface area contributed by atoms with Crippen LogP contribution in [0.4, 0.5) is 0 Å². The fraction of sp³-hybridized carbons (Fsp3) is 0.909. The lowest BCUT2D eigenvalue weighted by Crippen LogP contribution is -2.49. The molecule has 3 fully saturated rings. The molecule has 13 heavy (non-hydrogen) atoms. The summed E-state index contributed by atoms with van der Waals surface area (Å²) in [6.07, 6.45) is 3.68. The normalized spacial score (nSPS) is 62.7. The van der Waals surface area contributed by atoms with Gasteiger partial charge in [-0.2, -0.15) is 5.26 Å². The number of nitrogens with zero attached hydrogens (tertiary/aromatic N) is 1. The van der Waals surface area contributed by atoms with Gasteiger partial charge in [0, 0.05) is 12.0 Å². The molecular weight excluding hydrogens is 160 g/mol. The van der Waals surface area contributed by atoms with E-state index in [0.29, 0.717) is 5.41 Å². The molecule has 1 saturated heterocycles. The van der Waals surface area contributed by atoms with E-state index >= 15 is 0 Å². The Balaban J connectivity index is 2.21. The van der Waals surface area contributed by atoms with Crippen LogP contribution in [0.3, 0.4) is 0 Å². The Kier molecular flexibility index (Phi) is 1.07. The second kappa shape index (κ2) is 1.79. The van der Waals surface area contributed by atoms with Gasteiger partial charge < -0.3 is 0 Å². The maximum atomic E-state index is 9.33. The molecule has 0 aromatic carbocycles. The van der Waals surface area contributed by atoms with Gasteiger partial charge in [-0.05, 0) is 30.6 Å². The SMILES string of the molecule is CC12CNC3(C#N)CC1CCC32C. The summed E-state index contributed by atoms with van der Waals surface area (Å²) in [6.45, 7) is 5.76. The van der Waals surface area contributed by atoms with E-state index in [4.69, 9.17) is 0 Å². The number of nitriles is 1.